The monoisotopic (exact) mass is 348 g/mol. The van der Waals surface area contributed by atoms with Crippen molar-refractivity contribution >= 4 is 10.0 Å². The molecule has 1 aromatic heterocycles. The minimum absolute atomic E-state index is 0.00916. The molecule has 1 saturated heterocycles. The van der Waals surface area contributed by atoms with E-state index in [2.05, 4.69) is 22.6 Å². The number of nitrogens with zero attached hydrogens (tertiary/aromatic N) is 3. The standard InChI is InChI=1S/C17H24N4O2S/c1-13-11-15(14-4-7-18-8-5-14)6-10-21(13)24(22,23)17-12-19-20-9-2-3-16(17)20/h4-5,7,12-13,15,18H,2-3,6,8-11H2,1H3. The number of rotatable bonds is 3. The van der Waals surface area contributed by atoms with Gasteiger partial charge in [0.15, 0.2) is 0 Å². The molecular formula is C17H24N4O2S. The van der Waals surface area contributed by atoms with Crippen molar-refractivity contribution in [3.8, 4) is 0 Å². The average molecular weight is 348 g/mol. The van der Waals surface area contributed by atoms with E-state index in [1.807, 2.05) is 17.8 Å². The van der Waals surface area contributed by atoms with Crippen molar-refractivity contribution in [3.63, 3.8) is 0 Å². The van der Waals surface area contributed by atoms with Crippen LogP contribution in [0.3, 0.4) is 0 Å². The molecule has 3 aliphatic rings. The molecule has 0 saturated carbocycles. The molecule has 24 heavy (non-hydrogen) atoms. The van der Waals surface area contributed by atoms with Gasteiger partial charge in [0.2, 0.25) is 10.0 Å². The molecule has 6 nitrogen and oxygen atoms in total. The number of dihydropyridines is 1. The average Bonchev–Trinajstić information content (AvgIpc) is 3.18. The van der Waals surface area contributed by atoms with Crippen LogP contribution < -0.4 is 5.32 Å². The van der Waals surface area contributed by atoms with Crippen LogP contribution in [0.15, 0.2) is 35.0 Å². The second-order valence-electron chi connectivity index (χ2n) is 6.91. The summed E-state index contributed by atoms with van der Waals surface area (Å²) >= 11 is 0. The maximum absolute atomic E-state index is 13.1. The molecule has 0 spiro atoms. The van der Waals surface area contributed by atoms with Crippen molar-refractivity contribution in [3.05, 3.63) is 35.8 Å². The van der Waals surface area contributed by atoms with Gasteiger partial charge in [-0.2, -0.15) is 9.40 Å². The first kappa shape index (κ1) is 15.9. The Balaban J connectivity index is 1.54. The summed E-state index contributed by atoms with van der Waals surface area (Å²) in [4.78, 5) is 0.422. The fraction of sp³-hybridized carbons (Fsp3) is 0.588. The van der Waals surface area contributed by atoms with Gasteiger partial charge in [-0.3, -0.25) is 4.68 Å². The number of hydrogen-bond donors (Lipinski definition) is 1. The van der Waals surface area contributed by atoms with Crippen LogP contribution in [0.25, 0.3) is 0 Å². The molecule has 1 fully saturated rings. The molecule has 130 valence electrons. The maximum Gasteiger partial charge on any atom is 0.246 e. The van der Waals surface area contributed by atoms with Gasteiger partial charge in [-0.15, -0.1) is 0 Å². The van der Waals surface area contributed by atoms with E-state index in [4.69, 9.17) is 0 Å². The van der Waals surface area contributed by atoms with Crippen molar-refractivity contribution in [1.82, 2.24) is 19.4 Å². The van der Waals surface area contributed by atoms with Gasteiger partial charge in [-0.05, 0) is 56.4 Å². The summed E-state index contributed by atoms with van der Waals surface area (Å²) < 4.78 is 29.8. The first-order chi connectivity index (χ1) is 11.6. The molecule has 4 heterocycles. The molecule has 1 aromatic rings. The van der Waals surface area contributed by atoms with Gasteiger partial charge in [0.25, 0.3) is 0 Å². The van der Waals surface area contributed by atoms with Crippen LogP contribution >= 0.6 is 0 Å². The van der Waals surface area contributed by atoms with E-state index in [-0.39, 0.29) is 6.04 Å². The lowest BCUT2D eigenvalue weighted by atomic mass is 9.86. The molecule has 7 heteroatoms. The maximum atomic E-state index is 13.1. The second kappa shape index (κ2) is 6.04. The Labute approximate surface area is 143 Å². The number of piperidine rings is 1. The summed E-state index contributed by atoms with van der Waals surface area (Å²) in [5.41, 5.74) is 2.22. The molecule has 2 unspecified atom stereocenters. The summed E-state index contributed by atoms with van der Waals surface area (Å²) in [5.74, 6) is 0.447. The Hall–Kier alpha value is -1.60. The highest BCUT2D eigenvalue weighted by Gasteiger charge is 2.38. The highest BCUT2D eigenvalue weighted by Crippen LogP contribution is 2.34. The number of aryl methyl sites for hydroxylation is 1. The van der Waals surface area contributed by atoms with Gasteiger partial charge in [0.1, 0.15) is 4.90 Å². The van der Waals surface area contributed by atoms with E-state index < -0.39 is 10.0 Å². The van der Waals surface area contributed by atoms with Crippen molar-refractivity contribution < 1.29 is 8.42 Å². The van der Waals surface area contributed by atoms with E-state index in [9.17, 15) is 8.42 Å². The van der Waals surface area contributed by atoms with E-state index >= 15 is 0 Å². The first-order valence-electron chi connectivity index (χ1n) is 8.74. The van der Waals surface area contributed by atoms with Crippen molar-refractivity contribution in [2.24, 2.45) is 5.92 Å². The Kier molecular flexibility index (Phi) is 4.00. The first-order valence-corrected chi connectivity index (χ1v) is 10.2. The lowest BCUT2D eigenvalue weighted by Crippen LogP contribution is -2.45. The summed E-state index contributed by atoms with van der Waals surface area (Å²) in [6.45, 7) is 4.30. The molecule has 0 bridgehead atoms. The van der Waals surface area contributed by atoms with Gasteiger partial charge in [0, 0.05) is 25.7 Å². The quantitative estimate of drug-likeness (QED) is 0.902. The van der Waals surface area contributed by atoms with E-state index in [1.54, 1.807) is 10.5 Å². The van der Waals surface area contributed by atoms with Crippen molar-refractivity contribution in [1.29, 1.82) is 0 Å². The number of hydrogen-bond acceptors (Lipinski definition) is 4. The highest BCUT2D eigenvalue weighted by atomic mass is 32.2. The summed E-state index contributed by atoms with van der Waals surface area (Å²) in [5, 5.41) is 7.42. The fourth-order valence-electron chi connectivity index (χ4n) is 4.16. The Morgan fingerprint density at radius 1 is 1.33 bits per heavy atom. The third kappa shape index (κ3) is 2.59. The Bertz CT molecular complexity index is 794. The number of nitrogens with one attached hydrogen (secondary N) is 1. The third-order valence-corrected chi connectivity index (χ3v) is 7.47. The summed E-state index contributed by atoms with van der Waals surface area (Å²) in [7, 11) is -3.45. The number of allylic oxidation sites excluding steroid dienone is 2. The van der Waals surface area contributed by atoms with Gasteiger partial charge < -0.3 is 5.32 Å². The lowest BCUT2D eigenvalue weighted by Gasteiger charge is -2.37. The highest BCUT2D eigenvalue weighted by molar-refractivity contribution is 7.89. The third-order valence-electron chi connectivity index (χ3n) is 5.42. The van der Waals surface area contributed by atoms with E-state index in [0.717, 1.165) is 44.5 Å². The zero-order valence-corrected chi connectivity index (χ0v) is 14.8. The van der Waals surface area contributed by atoms with Gasteiger partial charge in [0.05, 0.1) is 11.9 Å². The second-order valence-corrected chi connectivity index (χ2v) is 8.77. The van der Waals surface area contributed by atoms with Crippen LogP contribution in [0, 0.1) is 5.92 Å². The number of aromatic nitrogens is 2. The summed E-state index contributed by atoms with van der Waals surface area (Å²) in [6, 6.07) is 0.00916. The summed E-state index contributed by atoms with van der Waals surface area (Å²) in [6.07, 6.45) is 11.4. The molecule has 4 rings (SSSR count). The van der Waals surface area contributed by atoms with Crippen LogP contribution in [0.1, 0.15) is 31.9 Å². The molecule has 1 N–H and O–H groups in total. The molecule has 0 aromatic carbocycles. The predicted molar refractivity (Wildman–Crippen MR) is 91.9 cm³/mol. The molecule has 0 radical (unpaired) electrons. The molecule has 2 atom stereocenters. The number of fused-ring (bicyclic) bond motifs is 1. The minimum Gasteiger partial charge on any atom is -0.387 e. The Morgan fingerprint density at radius 3 is 2.96 bits per heavy atom. The largest absolute Gasteiger partial charge is 0.387 e. The zero-order chi connectivity index (χ0) is 16.7. The van der Waals surface area contributed by atoms with Gasteiger partial charge in [-0.25, -0.2) is 8.42 Å². The van der Waals surface area contributed by atoms with E-state index in [0.29, 0.717) is 17.4 Å². The number of sulfonamides is 1. The lowest BCUT2D eigenvalue weighted by molar-refractivity contribution is 0.229. The topological polar surface area (TPSA) is 67.2 Å². The van der Waals surface area contributed by atoms with Crippen LogP contribution in [0.2, 0.25) is 0 Å². The minimum atomic E-state index is -3.45. The van der Waals surface area contributed by atoms with Crippen LogP contribution in [0.5, 0.6) is 0 Å². The molecule has 0 aliphatic carbocycles. The van der Waals surface area contributed by atoms with Gasteiger partial charge in [-0.1, -0.05) is 6.08 Å². The normalized spacial score (nSPS) is 27.6. The van der Waals surface area contributed by atoms with Crippen LogP contribution in [-0.4, -0.2) is 41.6 Å². The van der Waals surface area contributed by atoms with Gasteiger partial charge >= 0.3 is 0 Å². The molecule has 3 aliphatic heterocycles. The van der Waals surface area contributed by atoms with Crippen molar-refractivity contribution in [2.75, 3.05) is 13.1 Å². The molecule has 0 amide bonds. The van der Waals surface area contributed by atoms with Crippen LogP contribution in [-0.2, 0) is 23.0 Å². The zero-order valence-electron chi connectivity index (χ0n) is 14.0. The van der Waals surface area contributed by atoms with Crippen LogP contribution in [0.4, 0.5) is 0 Å². The smallest absolute Gasteiger partial charge is 0.246 e. The molecular weight excluding hydrogens is 324 g/mol. The van der Waals surface area contributed by atoms with Crippen molar-refractivity contribution in [2.45, 2.75) is 50.1 Å². The fourth-order valence-corrected chi connectivity index (χ4v) is 6.00. The SMILES string of the molecule is CC1CC(C2=CCNC=C2)CCN1S(=O)(=O)c1cnn2c1CCC2. The Morgan fingerprint density at radius 2 is 2.21 bits per heavy atom. The van der Waals surface area contributed by atoms with E-state index in [1.165, 1.54) is 5.57 Å². The predicted octanol–water partition coefficient (Wildman–Crippen LogP) is 1.66.